The second-order valence-electron chi connectivity index (χ2n) is 5.92. The second-order valence-corrected chi connectivity index (χ2v) is 5.92. The third-order valence-electron chi connectivity index (χ3n) is 4.31. The minimum Gasteiger partial charge on any atom is -0.473 e. The summed E-state index contributed by atoms with van der Waals surface area (Å²) in [5.41, 5.74) is 0. The molecular weight excluding hydrogens is 273 g/mol. The SMILES string of the molecule is OC[C@@H]1C[C@H](F)CN1c1cncc(OC2CCCCC2)n1. The predicted octanol–water partition coefficient (Wildman–Crippen LogP) is 2.10. The monoisotopic (exact) mass is 295 g/mol. The molecule has 2 heterocycles. The number of ether oxygens (including phenoxy) is 1. The molecule has 0 unspecified atom stereocenters. The number of rotatable bonds is 4. The van der Waals surface area contributed by atoms with Gasteiger partial charge in [0.2, 0.25) is 5.88 Å². The number of hydrogen-bond acceptors (Lipinski definition) is 5. The number of aliphatic hydroxyl groups is 1. The fourth-order valence-electron chi connectivity index (χ4n) is 3.20. The molecule has 1 aliphatic carbocycles. The summed E-state index contributed by atoms with van der Waals surface area (Å²) in [4.78, 5) is 10.4. The van der Waals surface area contributed by atoms with Gasteiger partial charge in [0.25, 0.3) is 0 Å². The number of nitrogens with zero attached hydrogens (tertiary/aromatic N) is 3. The van der Waals surface area contributed by atoms with Crippen molar-refractivity contribution in [2.45, 2.75) is 56.8 Å². The molecule has 2 atom stereocenters. The zero-order valence-corrected chi connectivity index (χ0v) is 12.1. The van der Waals surface area contributed by atoms with E-state index >= 15 is 0 Å². The highest BCUT2D eigenvalue weighted by molar-refractivity contribution is 5.41. The zero-order chi connectivity index (χ0) is 14.7. The molecule has 3 rings (SSSR count). The van der Waals surface area contributed by atoms with E-state index in [4.69, 9.17) is 4.74 Å². The molecule has 0 amide bonds. The van der Waals surface area contributed by atoms with Gasteiger partial charge in [-0.3, -0.25) is 4.98 Å². The Kier molecular flexibility index (Phi) is 4.53. The molecular formula is C15H22FN3O2. The molecule has 1 aliphatic heterocycles. The Morgan fingerprint density at radius 3 is 2.86 bits per heavy atom. The van der Waals surface area contributed by atoms with E-state index in [1.807, 2.05) is 0 Å². The van der Waals surface area contributed by atoms with Crippen LogP contribution in [0.25, 0.3) is 0 Å². The van der Waals surface area contributed by atoms with Gasteiger partial charge >= 0.3 is 0 Å². The van der Waals surface area contributed by atoms with Crippen LogP contribution in [0.4, 0.5) is 10.2 Å². The zero-order valence-electron chi connectivity index (χ0n) is 12.1. The first-order chi connectivity index (χ1) is 10.3. The number of aliphatic hydroxyl groups excluding tert-OH is 1. The van der Waals surface area contributed by atoms with E-state index in [0.717, 1.165) is 12.8 Å². The Morgan fingerprint density at radius 2 is 2.10 bits per heavy atom. The number of aromatic nitrogens is 2. The fourth-order valence-corrected chi connectivity index (χ4v) is 3.20. The van der Waals surface area contributed by atoms with Crippen LogP contribution in [-0.4, -0.2) is 46.5 Å². The summed E-state index contributed by atoms with van der Waals surface area (Å²) in [6.45, 7) is 0.183. The van der Waals surface area contributed by atoms with Crippen molar-refractivity contribution < 1.29 is 14.2 Å². The second kappa shape index (κ2) is 6.56. The lowest BCUT2D eigenvalue weighted by molar-refractivity contribution is 0.148. The number of hydrogen-bond donors (Lipinski definition) is 1. The molecule has 2 fully saturated rings. The molecule has 5 nitrogen and oxygen atoms in total. The average Bonchev–Trinajstić information content (AvgIpc) is 2.90. The lowest BCUT2D eigenvalue weighted by atomic mass is 9.98. The quantitative estimate of drug-likeness (QED) is 0.922. The molecule has 2 aliphatic rings. The van der Waals surface area contributed by atoms with Gasteiger partial charge in [-0.1, -0.05) is 6.42 Å². The van der Waals surface area contributed by atoms with Crippen molar-refractivity contribution in [1.82, 2.24) is 9.97 Å². The lowest BCUT2D eigenvalue weighted by Crippen LogP contribution is -2.33. The molecule has 1 aromatic rings. The van der Waals surface area contributed by atoms with E-state index in [1.165, 1.54) is 19.3 Å². The molecule has 0 radical (unpaired) electrons. The highest BCUT2D eigenvalue weighted by Gasteiger charge is 2.32. The highest BCUT2D eigenvalue weighted by Crippen LogP contribution is 2.27. The summed E-state index contributed by atoms with van der Waals surface area (Å²) in [6, 6.07) is -0.223. The van der Waals surface area contributed by atoms with E-state index < -0.39 is 6.17 Å². The van der Waals surface area contributed by atoms with E-state index in [1.54, 1.807) is 17.3 Å². The van der Waals surface area contributed by atoms with Crippen LogP contribution in [0.15, 0.2) is 12.4 Å². The van der Waals surface area contributed by atoms with Gasteiger partial charge < -0.3 is 14.7 Å². The highest BCUT2D eigenvalue weighted by atomic mass is 19.1. The maximum atomic E-state index is 13.5. The van der Waals surface area contributed by atoms with Crippen LogP contribution in [0.5, 0.6) is 5.88 Å². The summed E-state index contributed by atoms with van der Waals surface area (Å²) in [5, 5.41) is 9.36. The Labute approximate surface area is 124 Å². The third kappa shape index (κ3) is 3.43. The summed E-state index contributed by atoms with van der Waals surface area (Å²) >= 11 is 0. The summed E-state index contributed by atoms with van der Waals surface area (Å²) in [6.07, 6.45) is 8.62. The topological polar surface area (TPSA) is 58.5 Å². The van der Waals surface area contributed by atoms with E-state index in [9.17, 15) is 9.50 Å². The number of halogens is 1. The molecule has 1 saturated heterocycles. The van der Waals surface area contributed by atoms with E-state index in [-0.39, 0.29) is 25.3 Å². The van der Waals surface area contributed by atoms with Crippen LogP contribution in [0.2, 0.25) is 0 Å². The van der Waals surface area contributed by atoms with Gasteiger partial charge in [-0.2, -0.15) is 4.98 Å². The number of alkyl halides is 1. The van der Waals surface area contributed by atoms with Crippen LogP contribution in [0.1, 0.15) is 38.5 Å². The Morgan fingerprint density at radius 1 is 1.29 bits per heavy atom. The Hall–Kier alpha value is -1.43. The third-order valence-corrected chi connectivity index (χ3v) is 4.31. The van der Waals surface area contributed by atoms with Gasteiger partial charge in [0.15, 0.2) is 5.82 Å². The van der Waals surface area contributed by atoms with E-state index in [2.05, 4.69) is 9.97 Å². The maximum absolute atomic E-state index is 13.5. The van der Waals surface area contributed by atoms with Gasteiger partial charge in [-0.15, -0.1) is 0 Å². The van der Waals surface area contributed by atoms with Crippen LogP contribution in [0.3, 0.4) is 0 Å². The van der Waals surface area contributed by atoms with Crippen molar-refractivity contribution in [2.75, 3.05) is 18.1 Å². The largest absolute Gasteiger partial charge is 0.473 e. The standard InChI is InChI=1S/C15H22FN3O2/c16-11-6-12(10-20)19(9-11)14-7-17-8-15(18-14)21-13-4-2-1-3-5-13/h7-8,11-13,20H,1-6,9-10H2/t11-,12-/m0/s1. The smallest absolute Gasteiger partial charge is 0.234 e. The van der Waals surface area contributed by atoms with E-state index in [0.29, 0.717) is 18.1 Å². The Balaban J connectivity index is 1.70. The van der Waals surface area contributed by atoms with Crippen molar-refractivity contribution in [3.05, 3.63) is 12.4 Å². The van der Waals surface area contributed by atoms with Crippen molar-refractivity contribution in [2.24, 2.45) is 0 Å². The minimum absolute atomic E-state index is 0.0736. The number of anilines is 1. The van der Waals surface area contributed by atoms with Crippen molar-refractivity contribution in [1.29, 1.82) is 0 Å². The van der Waals surface area contributed by atoms with Gasteiger partial charge in [0.1, 0.15) is 12.3 Å². The van der Waals surface area contributed by atoms with Crippen LogP contribution < -0.4 is 9.64 Å². The van der Waals surface area contributed by atoms with Crippen molar-refractivity contribution in [3.8, 4) is 5.88 Å². The molecule has 0 spiro atoms. The molecule has 1 aromatic heterocycles. The molecule has 1 saturated carbocycles. The van der Waals surface area contributed by atoms with Crippen molar-refractivity contribution >= 4 is 5.82 Å². The van der Waals surface area contributed by atoms with Gasteiger partial charge in [-0.25, -0.2) is 4.39 Å². The molecule has 0 aromatic carbocycles. The van der Waals surface area contributed by atoms with Crippen LogP contribution >= 0.6 is 0 Å². The van der Waals surface area contributed by atoms with Gasteiger partial charge in [-0.05, 0) is 25.7 Å². The summed E-state index contributed by atoms with van der Waals surface area (Å²) in [7, 11) is 0. The van der Waals surface area contributed by atoms with Gasteiger partial charge in [0.05, 0.1) is 31.6 Å². The first kappa shape index (κ1) is 14.5. The lowest BCUT2D eigenvalue weighted by Gasteiger charge is -2.25. The van der Waals surface area contributed by atoms with Gasteiger partial charge in [0, 0.05) is 6.42 Å². The van der Waals surface area contributed by atoms with Crippen LogP contribution in [-0.2, 0) is 0 Å². The molecule has 0 bridgehead atoms. The predicted molar refractivity (Wildman–Crippen MR) is 77.3 cm³/mol. The molecule has 6 heteroatoms. The average molecular weight is 295 g/mol. The fraction of sp³-hybridized carbons (Fsp3) is 0.733. The Bertz CT molecular complexity index is 468. The first-order valence-electron chi connectivity index (χ1n) is 7.76. The van der Waals surface area contributed by atoms with Crippen molar-refractivity contribution in [3.63, 3.8) is 0 Å². The normalized spacial score (nSPS) is 27.0. The van der Waals surface area contributed by atoms with Crippen LogP contribution in [0, 0.1) is 0 Å². The summed E-state index contributed by atoms with van der Waals surface area (Å²) < 4.78 is 19.4. The maximum Gasteiger partial charge on any atom is 0.234 e. The molecule has 116 valence electrons. The first-order valence-corrected chi connectivity index (χ1v) is 7.76. The molecule has 21 heavy (non-hydrogen) atoms. The molecule has 1 N–H and O–H groups in total. The minimum atomic E-state index is -0.924. The summed E-state index contributed by atoms with van der Waals surface area (Å²) in [5.74, 6) is 1.08.